The van der Waals surface area contributed by atoms with Crippen molar-refractivity contribution in [2.24, 2.45) is 0 Å². The smallest absolute Gasteiger partial charge is 0.358 e. The fourth-order valence-electron chi connectivity index (χ4n) is 1.62. The SMILES string of the molecule is CCOC(=O)c1cn2cc(OC(C)C)ccc2n1. The molecule has 0 unspecified atom stereocenters. The summed E-state index contributed by atoms with van der Waals surface area (Å²) in [5.41, 5.74) is 0.993. The molecule has 2 aromatic rings. The maximum atomic E-state index is 11.5. The average Bonchev–Trinajstić information content (AvgIpc) is 2.71. The van der Waals surface area contributed by atoms with Crippen LogP contribution in [-0.2, 0) is 4.74 Å². The Hall–Kier alpha value is -2.04. The van der Waals surface area contributed by atoms with Gasteiger partial charge in [0.2, 0.25) is 0 Å². The van der Waals surface area contributed by atoms with Crippen molar-refractivity contribution in [2.45, 2.75) is 26.9 Å². The van der Waals surface area contributed by atoms with E-state index < -0.39 is 5.97 Å². The highest BCUT2D eigenvalue weighted by atomic mass is 16.5. The number of hydrogen-bond donors (Lipinski definition) is 0. The number of aromatic nitrogens is 2. The van der Waals surface area contributed by atoms with Crippen molar-refractivity contribution in [3.05, 3.63) is 30.2 Å². The predicted octanol–water partition coefficient (Wildman–Crippen LogP) is 2.30. The molecule has 0 radical (unpaired) electrons. The highest BCUT2D eigenvalue weighted by Gasteiger charge is 2.11. The lowest BCUT2D eigenvalue weighted by molar-refractivity contribution is 0.0520. The van der Waals surface area contributed by atoms with E-state index in [1.165, 1.54) is 0 Å². The van der Waals surface area contributed by atoms with Crippen LogP contribution in [0, 0.1) is 0 Å². The monoisotopic (exact) mass is 248 g/mol. The molecule has 0 fully saturated rings. The van der Waals surface area contributed by atoms with Gasteiger partial charge in [0.25, 0.3) is 0 Å². The summed E-state index contributed by atoms with van der Waals surface area (Å²) in [6, 6.07) is 3.64. The molecule has 18 heavy (non-hydrogen) atoms. The molecule has 0 spiro atoms. The van der Waals surface area contributed by atoms with Gasteiger partial charge in [-0.25, -0.2) is 9.78 Å². The van der Waals surface area contributed by atoms with Crippen LogP contribution in [0.1, 0.15) is 31.3 Å². The highest BCUT2D eigenvalue weighted by molar-refractivity contribution is 5.87. The summed E-state index contributed by atoms with van der Waals surface area (Å²) in [6.45, 7) is 6.03. The first kappa shape index (κ1) is 12.4. The molecule has 0 aliphatic carbocycles. The van der Waals surface area contributed by atoms with Gasteiger partial charge in [0.1, 0.15) is 11.4 Å². The summed E-state index contributed by atoms with van der Waals surface area (Å²) in [7, 11) is 0. The second-order valence-corrected chi connectivity index (χ2v) is 4.14. The van der Waals surface area contributed by atoms with Crippen molar-refractivity contribution in [3.8, 4) is 5.75 Å². The number of rotatable bonds is 4. The molecule has 0 saturated heterocycles. The molecule has 0 aliphatic rings. The number of carbonyl (C=O) groups excluding carboxylic acids is 1. The van der Waals surface area contributed by atoms with Gasteiger partial charge >= 0.3 is 5.97 Å². The minimum absolute atomic E-state index is 0.107. The minimum Gasteiger partial charge on any atom is -0.489 e. The van der Waals surface area contributed by atoms with Crippen LogP contribution in [0.3, 0.4) is 0 Å². The number of hydrogen-bond acceptors (Lipinski definition) is 4. The van der Waals surface area contributed by atoms with Crippen molar-refractivity contribution in [3.63, 3.8) is 0 Å². The van der Waals surface area contributed by atoms with Gasteiger partial charge in [-0.15, -0.1) is 0 Å². The van der Waals surface area contributed by atoms with E-state index in [0.717, 1.165) is 5.75 Å². The van der Waals surface area contributed by atoms with Crippen molar-refractivity contribution < 1.29 is 14.3 Å². The van der Waals surface area contributed by atoms with E-state index in [1.807, 2.05) is 19.9 Å². The zero-order valence-electron chi connectivity index (χ0n) is 10.7. The Bertz CT molecular complexity index is 560. The fourth-order valence-corrected chi connectivity index (χ4v) is 1.62. The number of carbonyl (C=O) groups is 1. The summed E-state index contributed by atoms with van der Waals surface area (Å²) >= 11 is 0. The van der Waals surface area contributed by atoms with Gasteiger partial charge in [-0.3, -0.25) is 0 Å². The van der Waals surface area contributed by atoms with Gasteiger partial charge in [0.15, 0.2) is 5.69 Å². The predicted molar refractivity (Wildman–Crippen MR) is 66.9 cm³/mol. The van der Waals surface area contributed by atoms with Crippen LogP contribution >= 0.6 is 0 Å². The Morgan fingerprint density at radius 2 is 2.17 bits per heavy atom. The second-order valence-electron chi connectivity index (χ2n) is 4.14. The fraction of sp³-hybridized carbons (Fsp3) is 0.385. The Labute approximate surface area is 105 Å². The van der Waals surface area contributed by atoms with E-state index in [2.05, 4.69) is 4.98 Å². The first-order valence-electron chi connectivity index (χ1n) is 5.92. The number of esters is 1. The minimum atomic E-state index is -0.410. The molecule has 96 valence electrons. The zero-order valence-corrected chi connectivity index (χ0v) is 10.7. The Morgan fingerprint density at radius 1 is 1.39 bits per heavy atom. The van der Waals surface area contributed by atoms with Gasteiger partial charge in [-0.2, -0.15) is 0 Å². The second kappa shape index (κ2) is 5.08. The topological polar surface area (TPSA) is 52.8 Å². The molecular weight excluding hydrogens is 232 g/mol. The number of imidazole rings is 1. The maximum absolute atomic E-state index is 11.5. The number of nitrogens with zero attached hydrogens (tertiary/aromatic N) is 2. The lowest BCUT2D eigenvalue weighted by Crippen LogP contribution is -2.05. The number of ether oxygens (including phenoxy) is 2. The van der Waals surface area contributed by atoms with Crippen molar-refractivity contribution in [2.75, 3.05) is 6.61 Å². The van der Waals surface area contributed by atoms with Crippen LogP contribution in [-0.4, -0.2) is 28.1 Å². The molecule has 0 amide bonds. The van der Waals surface area contributed by atoms with Crippen LogP contribution in [0.15, 0.2) is 24.5 Å². The third-order valence-electron chi connectivity index (χ3n) is 2.28. The van der Waals surface area contributed by atoms with Crippen molar-refractivity contribution >= 4 is 11.6 Å². The summed E-state index contributed by atoms with van der Waals surface area (Å²) in [5.74, 6) is 0.331. The number of pyridine rings is 1. The largest absolute Gasteiger partial charge is 0.489 e. The zero-order chi connectivity index (χ0) is 13.1. The van der Waals surface area contributed by atoms with Crippen LogP contribution in [0.5, 0.6) is 5.75 Å². The Morgan fingerprint density at radius 3 is 2.83 bits per heavy atom. The number of fused-ring (bicyclic) bond motifs is 1. The maximum Gasteiger partial charge on any atom is 0.358 e. The molecule has 0 bridgehead atoms. The molecule has 0 N–H and O–H groups in total. The van der Waals surface area contributed by atoms with E-state index in [4.69, 9.17) is 9.47 Å². The summed E-state index contributed by atoms with van der Waals surface area (Å²) < 4.78 is 12.2. The van der Waals surface area contributed by atoms with Crippen LogP contribution in [0.2, 0.25) is 0 Å². The van der Waals surface area contributed by atoms with Crippen LogP contribution < -0.4 is 4.74 Å². The van der Waals surface area contributed by atoms with Gasteiger partial charge in [-0.1, -0.05) is 0 Å². The normalized spacial score (nSPS) is 10.9. The van der Waals surface area contributed by atoms with Gasteiger partial charge in [-0.05, 0) is 32.9 Å². The molecule has 2 rings (SSSR count). The van der Waals surface area contributed by atoms with Crippen molar-refractivity contribution in [1.29, 1.82) is 0 Å². The van der Waals surface area contributed by atoms with Crippen molar-refractivity contribution in [1.82, 2.24) is 9.38 Å². The van der Waals surface area contributed by atoms with Gasteiger partial charge in [0, 0.05) is 6.20 Å². The van der Waals surface area contributed by atoms with Crippen LogP contribution in [0.25, 0.3) is 5.65 Å². The Kier molecular flexibility index (Phi) is 3.50. The lowest BCUT2D eigenvalue weighted by Gasteiger charge is -2.09. The summed E-state index contributed by atoms with van der Waals surface area (Å²) in [6.07, 6.45) is 3.54. The van der Waals surface area contributed by atoms with E-state index in [0.29, 0.717) is 17.9 Å². The Balaban J connectivity index is 2.30. The average molecular weight is 248 g/mol. The molecular formula is C13H16N2O3. The van der Waals surface area contributed by atoms with Gasteiger partial charge in [0.05, 0.1) is 18.9 Å². The molecule has 2 heterocycles. The molecule has 0 atom stereocenters. The van der Waals surface area contributed by atoms with E-state index >= 15 is 0 Å². The third-order valence-corrected chi connectivity index (χ3v) is 2.28. The van der Waals surface area contributed by atoms with Gasteiger partial charge < -0.3 is 13.9 Å². The van der Waals surface area contributed by atoms with E-state index in [9.17, 15) is 4.79 Å². The van der Waals surface area contributed by atoms with E-state index in [1.54, 1.807) is 29.8 Å². The molecule has 0 aromatic carbocycles. The summed E-state index contributed by atoms with van der Waals surface area (Å²) in [4.78, 5) is 15.7. The quantitative estimate of drug-likeness (QED) is 0.779. The first-order valence-corrected chi connectivity index (χ1v) is 5.92. The molecule has 2 aromatic heterocycles. The molecule has 0 aliphatic heterocycles. The summed E-state index contributed by atoms with van der Waals surface area (Å²) in [5, 5.41) is 0. The van der Waals surface area contributed by atoms with Crippen LogP contribution in [0.4, 0.5) is 0 Å². The standard InChI is InChI=1S/C13H16N2O3/c1-4-17-13(16)11-8-15-7-10(18-9(2)3)5-6-12(15)14-11/h5-9H,4H2,1-3H3. The molecule has 5 heteroatoms. The first-order chi connectivity index (χ1) is 8.60. The molecule has 5 nitrogen and oxygen atoms in total. The lowest BCUT2D eigenvalue weighted by atomic mass is 10.4. The molecule has 0 saturated carbocycles. The van der Waals surface area contributed by atoms with E-state index in [-0.39, 0.29) is 6.10 Å². The highest BCUT2D eigenvalue weighted by Crippen LogP contribution is 2.15. The third kappa shape index (κ3) is 2.61.